The van der Waals surface area contributed by atoms with Gasteiger partial charge in [0.05, 0.1) is 17.1 Å². The number of hydrogen-bond donors (Lipinski definition) is 1. The Bertz CT molecular complexity index is 320. The normalized spacial score (nSPS) is 12.1. The molecule has 0 amide bonds. The summed E-state index contributed by atoms with van der Waals surface area (Å²) < 4.78 is 35.4. The van der Waals surface area contributed by atoms with Crippen molar-refractivity contribution in [3.8, 4) is 0 Å². The van der Waals surface area contributed by atoms with Crippen molar-refractivity contribution in [1.29, 1.82) is 0 Å². The van der Waals surface area contributed by atoms with Crippen molar-refractivity contribution < 1.29 is 13.2 Å². The number of aromatic nitrogens is 1. The highest BCUT2D eigenvalue weighted by Gasteiger charge is 2.25. The lowest BCUT2D eigenvalue weighted by atomic mass is 10.3. The standard InChI is InChI=1S/C9H13F3N2S/c1-6-8(15-7(2)14-6)5-13-4-3-9(10,11)12/h13H,3-5H2,1-2H3. The maximum Gasteiger partial charge on any atom is 0.390 e. The summed E-state index contributed by atoms with van der Waals surface area (Å²) in [6, 6.07) is 0. The third-order valence-electron chi connectivity index (χ3n) is 1.87. The van der Waals surface area contributed by atoms with E-state index >= 15 is 0 Å². The molecule has 86 valence electrons. The van der Waals surface area contributed by atoms with Gasteiger partial charge in [0.1, 0.15) is 0 Å². The van der Waals surface area contributed by atoms with Crippen LogP contribution in [-0.2, 0) is 6.54 Å². The van der Waals surface area contributed by atoms with Gasteiger partial charge in [-0.25, -0.2) is 4.98 Å². The first kappa shape index (κ1) is 12.4. The van der Waals surface area contributed by atoms with Crippen molar-refractivity contribution in [2.75, 3.05) is 6.54 Å². The van der Waals surface area contributed by atoms with E-state index < -0.39 is 12.6 Å². The fourth-order valence-electron chi connectivity index (χ4n) is 1.17. The highest BCUT2D eigenvalue weighted by molar-refractivity contribution is 7.11. The van der Waals surface area contributed by atoms with E-state index in [0.717, 1.165) is 15.6 Å². The Morgan fingerprint density at radius 1 is 1.33 bits per heavy atom. The van der Waals surface area contributed by atoms with Crippen molar-refractivity contribution in [2.45, 2.75) is 33.0 Å². The van der Waals surface area contributed by atoms with Gasteiger partial charge in [-0.2, -0.15) is 13.2 Å². The van der Waals surface area contributed by atoms with Gasteiger partial charge in [-0.3, -0.25) is 0 Å². The summed E-state index contributed by atoms with van der Waals surface area (Å²) in [7, 11) is 0. The van der Waals surface area contributed by atoms with Gasteiger partial charge in [-0.05, 0) is 13.8 Å². The first-order chi connectivity index (χ1) is 6.88. The Morgan fingerprint density at radius 3 is 2.47 bits per heavy atom. The Labute approximate surface area is 90.5 Å². The molecule has 1 aromatic rings. The molecule has 2 nitrogen and oxygen atoms in total. The van der Waals surface area contributed by atoms with Crippen LogP contribution in [0.4, 0.5) is 13.2 Å². The Morgan fingerprint density at radius 2 is 2.00 bits per heavy atom. The number of nitrogens with zero attached hydrogens (tertiary/aromatic N) is 1. The average Bonchev–Trinajstić information content (AvgIpc) is 2.37. The van der Waals surface area contributed by atoms with Crippen molar-refractivity contribution in [3.05, 3.63) is 15.6 Å². The molecule has 15 heavy (non-hydrogen) atoms. The zero-order chi connectivity index (χ0) is 11.5. The number of hydrogen-bond acceptors (Lipinski definition) is 3. The molecule has 0 aliphatic rings. The Balaban J connectivity index is 2.29. The third-order valence-corrected chi connectivity index (χ3v) is 2.94. The Kier molecular flexibility index (Phi) is 4.10. The monoisotopic (exact) mass is 238 g/mol. The van der Waals surface area contributed by atoms with E-state index in [1.165, 1.54) is 11.3 Å². The predicted octanol–water partition coefficient (Wildman–Crippen LogP) is 2.80. The molecule has 0 saturated heterocycles. The van der Waals surface area contributed by atoms with Crippen LogP contribution in [0.2, 0.25) is 0 Å². The second kappa shape index (κ2) is 4.94. The quantitative estimate of drug-likeness (QED) is 0.816. The number of alkyl halides is 3. The summed E-state index contributed by atoms with van der Waals surface area (Å²) in [4.78, 5) is 5.20. The van der Waals surface area contributed by atoms with Crippen molar-refractivity contribution in [2.24, 2.45) is 0 Å². The van der Waals surface area contributed by atoms with Crippen LogP contribution in [-0.4, -0.2) is 17.7 Å². The van der Waals surface area contributed by atoms with Crippen LogP contribution in [0.1, 0.15) is 22.0 Å². The van der Waals surface area contributed by atoms with E-state index in [4.69, 9.17) is 0 Å². The van der Waals surface area contributed by atoms with Gasteiger partial charge in [0.15, 0.2) is 0 Å². The summed E-state index contributed by atoms with van der Waals surface area (Å²) in [6.07, 6.45) is -4.87. The maximum absolute atomic E-state index is 11.8. The summed E-state index contributed by atoms with van der Waals surface area (Å²) >= 11 is 1.52. The molecule has 0 aromatic carbocycles. The van der Waals surface area contributed by atoms with Gasteiger partial charge in [0.25, 0.3) is 0 Å². The minimum absolute atomic E-state index is 0.0418. The van der Waals surface area contributed by atoms with E-state index in [1.54, 1.807) is 0 Å². The molecule has 0 radical (unpaired) electrons. The number of halogens is 3. The summed E-state index contributed by atoms with van der Waals surface area (Å²) in [5, 5.41) is 3.71. The topological polar surface area (TPSA) is 24.9 Å². The van der Waals surface area contributed by atoms with Crippen molar-refractivity contribution >= 4 is 11.3 Å². The van der Waals surface area contributed by atoms with E-state index in [1.807, 2.05) is 13.8 Å². The molecule has 0 atom stereocenters. The average molecular weight is 238 g/mol. The van der Waals surface area contributed by atoms with E-state index in [-0.39, 0.29) is 6.54 Å². The molecule has 0 fully saturated rings. The van der Waals surface area contributed by atoms with Crippen LogP contribution >= 0.6 is 11.3 Å². The molecule has 0 unspecified atom stereocenters. The molecule has 0 aliphatic heterocycles. The van der Waals surface area contributed by atoms with E-state index in [9.17, 15) is 13.2 Å². The highest BCUT2D eigenvalue weighted by atomic mass is 32.1. The first-order valence-electron chi connectivity index (χ1n) is 4.59. The fourth-order valence-corrected chi connectivity index (χ4v) is 2.08. The Hall–Kier alpha value is -0.620. The molecule has 0 spiro atoms. The second-order valence-corrected chi connectivity index (χ2v) is 4.57. The zero-order valence-electron chi connectivity index (χ0n) is 8.61. The number of rotatable bonds is 4. The summed E-state index contributed by atoms with van der Waals surface area (Å²) in [5.41, 5.74) is 0.900. The highest BCUT2D eigenvalue weighted by Crippen LogP contribution is 2.19. The lowest BCUT2D eigenvalue weighted by Crippen LogP contribution is -2.21. The van der Waals surface area contributed by atoms with Crippen LogP contribution in [0.15, 0.2) is 0 Å². The van der Waals surface area contributed by atoms with Gasteiger partial charge in [-0.15, -0.1) is 11.3 Å². The number of aryl methyl sites for hydroxylation is 2. The van der Waals surface area contributed by atoms with Gasteiger partial charge in [0.2, 0.25) is 0 Å². The second-order valence-electron chi connectivity index (χ2n) is 3.28. The maximum atomic E-state index is 11.8. The number of nitrogens with one attached hydrogen (secondary N) is 1. The van der Waals surface area contributed by atoms with Crippen LogP contribution in [0.5, 0.6) is 0 Å². The zero-order valence-corrected chi connectivity index (χ0v) is 9.43. The lowest BCUT2D eigenvalue weighted by molar-refractivity contribution is -0.133. The van der Waals surface area contributed by atoms with Gasteiger partial charge >= 0.3 is 6.18 Å². The smallest absolute Gasteiger partial charge is 0.311 e. The van der Waals surface area contributed by atoms with E-state index in [0.29, 0.717) is 6.54 Å². The third kappa shape index (κ3) is 4.61. The van der Waals surface area contributed by atoms with Crippen molar-refractivity contribution in [1.82, 2.24) is 10.3 Å². The molecule has 6 heteroatoms. The summed E-state index contributed by atoms with van der Waals surface area (Å²) in [5.74, 6) is 0. The minimum atomic E-state index is -4.08. The van der Waals surface area contributed by atoms with Crippen LogP contribution in [0.3, 0.4) is 0 Å². The molecule has 1 aromatic heterocycles. The molecule has 1 heterocycles. The van der Waals surface area contributed by atoms with Crippen LogP contribution < -0.4 is 5.32 Å². The molecule has 0 aliphatic carbocycles. The summed E-state index contributed by atoms with van der Waals surface area (Å²) in [6.45, 7) is 4.18. The molecule has 0 bridgehead atoms. The number of thiazole rings is 1. The van der Waals surface area contributed by atoms with E-state index in [2.05, 4.69) is 10.3 Å². The largest absolute Gasteiger partial charge is 0.390 e. The minimum Gasteiger partial charge on any atom is -0.311 e. The van der Waals surface area contributed by atoms with Crippen LogP contribution in [0.25, 0.3) is 0 Å². The van der Waals surface area contributed by atoms with Gasteiger partial charge in [0, 0.05) is 18.0 Å². The first-order valence-corrected chi connectivity index (χ1v) is 5.40. The van der Waals surface area contributed by atoms with Gasteiger partial charge < -0.3 is 5.32 Å². The SMILES string of the molecule is Cc1nc(C)c(CNCCC(F)(F)F)s1. The lowest BCUT2D eigenvalue weighted by Gasteiger charge is -2.06. The molecule has 0 saturated carbocycles. The molecular weight excluding hydrogens is 225 g/mol. The fraction of sp³-hybridized carbons (Fsp3) is 0.667. The van der Waals surface area contributed by atoms with Gasteiger partial charge in [-0.1, -0.05) is 0 Å². The van der Waals surface area contributed by atoms with Crippen molar-refractivity contribution in [3.63, 3.8) is 0 Å². The predicted molar refractivity (Wildman–Crippen MR) is 54.0 cm³/mol. The van der Waals surface area contributed by atoms with Crippen LogP contribution in [0, 0.1) is 13.8 Å². The molecular formula is C9H13F3N2S. The molecule has 1 N–H and O–H groups in total. The molecule has 1 rings (SSSR count).